The SMILES string of the molecule is Cc1cc(C)cc(C(=O)C2CCOC3(CCCC3)C2)c1. The lowest BCUT2D eigenvalue weighted by molar-refractivity contribution is -0.0866. The van der Waals surface area contributed by atoms with Gasteiger partial charge in [-0.3, -0.25) is 4.79 Å². The second-order valence-corrected chi connectivity index (χ2v) is 6.67. The van der Waals surface area contributed by atoms with Crippen LogP contribution < -0.4 is 0 Å². The highest BCUT2D eigenvalue weighted by atomic mass is 16.5. The fraction of sp³-hybridized carbons (Fsp3) is 0.611. The highest BCUT2D eigenvalue weighted by Crippen LogP contribution is 2.42. The van der Waals surface area contributed by atoms with Crippen molar-refractivity contribution in [2.75, 3.05) is 6.61 Å². The fourth-order valence-corrected chi connectivity index (χ4v) is 3.97. The Bertz CT molecular complexity index is 492. The van der Waals surface area contributed by atoms with E-state index in [4.69, 9.17) is 4.74 Å². The molecule has 108 valence electrons. The predicted molar refractivity (Wildman–Crippen MR) is 80.1 cm³/mol. The Morgan fingerprint density at radius 3 is 2.45 bits per heavy atom. The van der Waals surface area contributed by atoms with E-state index in [1.807, 2.05) is 12.1 Å². The van der Waals surface area contributed by atoms with Crippen molar-refractivity contribution in [3.63, 3.8) is 0 Å². The van der Waals surface area contributed by atoms with E-state index in [-0.39, 0.29) is 11.5 Å². The molecule has 1 aliphatic carbocycles. The normalized spacial score (nSPS) is 25.0. The summed E-state index contributed by atoms with van der Waals surface area (Å²) < 4.78 is 6.04. The van der Waals surface area contributed by atoms with Gasteiger partial charge in [0, 0.05) is 18.1 Å². The minimum absolute atomic E-state index is 0.0252. The quantitative estimate of drug-likeness (QED) is 0.753. The number of carbonyl (C=O) groups is 1. The molecule has 1 heterocycles. The first kappa shape index (κ1) is 13.8. The molecule has 0 bridgehead atoms. The fourth-order valence-electron chi connectivity index (χ4n) is 3.97. The van der Waals surface area contributed by atoms with Gasteiger partial charge in [-0.15, -0.1) is 0 Å². The molecule has 1 aromatic carbocycles. The molecule has 0 radical (unpaired) electrons. The van der Waals surface area contributed by atoms with Crippen LogP contribution in [-0.2, 0) is 4.74 Å². The summed E-state index contributed by atoms with van der Waals surface area (Å²) in [5, 5.41) is 0. The van der Waals surface area contributed by atoms with Crippen LogP contribution in [0.5, 0.6) is 0 Å². The van der Waals surface area contributed by atoms with Gasteiger partial charge >= 0.3 is 0 Å². The zero-order valence-corrected chi connectivity index (χ0v) is 12.6. The molecular formula is C18H24O2. The number of carbonyl (C=O) groups excluding carboxylic acids is 1. The molecule has 0 N–H and O–H groups in total. The number of Topliss-reactive ketones (excluding diaryl/α,β-unsaturated/α-hetero) is 1. The van der Waals surface area contributed by atoms with Gasteiger partial charge in [-0.2, -0.15) is 0 Å². The standard InChI is InChI=1S/C18H24O2/c1-13-9-14(2)11-16(10-13)17(19)15-5-8-20-18(12-15)6-3-4-7-18/h9-11,15H,3-8,12H2,1-2H3. The number of benzene rings is 1. The smallest absolute Gasteiger partial charge is 0.166 e. The van der Waals surface area contributed by atoms with Gasteiger partial charge in [-0.25, -0.2) is 0 Å². The summed E-state index contributed by atoms with van der Waals surface area (Å²) in [5.41, 5.74) is 3.27. The summed E-state index contributed by atoms with van der Waals surface area (Å²) in [7, 11) is 0. The molecule has 1 atom stereocenters. The molecule has 3 rings (SSSR count). The van der Waals surface area contributed by atoms with Crippen LogP contribution in [0.25, 0.3) is 0 Å². The average molecular weight is 272 g/mol. The highest BCUT2D eigenvalue weighted by Gasteiger charge is 2.41. The van der Waals surface area contributed by atoms with Crippen molar-refractivity contribution in [3.05, 3.63) is 34.9 Å². The van der Waals surface area contributed by atoms with Crippen LogP contribution in [-0.4, -0.2) is 18.0 Å². The van der Waals surface area contributed by atoms with Crippen LogP contribution in [0.4, 0.5) is 0 Å². The lowest BCUT2D eigenvalue weighted by Gasteiger charge is -2.37. The third-order valence-electron chi connectivity index (χ3n) is 4.88. The Morgan fingerprint density at radius 1 is 1.15 bits per heavy atom. The number of aryl methyl sites for hydroxylation is 2. The monoisotopic (exact) mass is 272 g/mol. The minimum atomic E-state index is 0.0252. The van der Waals surface area contributed by atoms with Gasteiger partial charge in [0.1, 0.15) is 0 Å². The molecule has 2 heteroatoms. The van der Waals surface area contributed by atoms with Crippen LogP contribution in [0.2, 0.25) is 0 Å². The van der Waals surface area contributed by atoms with Crippen molar-refractivity contribution in [1.82, 2.24) is 0 Å². The summed E-state index contributed by atoms with van der Waals surface area (Å²) in [6.07, 6.45) is 6.61. The molecule has 1 spiro atoms. The Kier molecular flexibility index (Phi) is 3.68. The number of ketones is 1. The van der Waals surface area contributed by atoms with Crippen molar-refractivity contribution in [3.8, 4) is 0 Å². The Morgan fingerprint density at radius 2 is 1.80 bits per heavy atom. The van der Waals surface area contributed by atoms with Crippen molar-refractivity contribution >= 4 is 5.78 Å². The van der Waals surface area contributed by atoms with Crippen molar-refractivity contribution in [1.29, 1.82) is 0 Å². The van der Waals surface area contributed by atoms with Crippen molar-refractivity contribution in [2.24, 2.45) is 5.92 Å². The van der Waals surface area contributed by atoms with Crippen LogP contribution in [0.3, 0.4) is 0 Å². The summed E-state index contributed by atoms with van der Waals surface area (Å²) >= 11 is 0. The molecule has 1 saturated heterocycles. The minimum Gasteiger partial charge on any atom is -0.375 e. The highest BCUT2D eigenvalue weighted by molar-refractivity contribution is 5.98. The summed E-state index contributed by atoms with van der Waals surface area (Å²) in [6, 6.07) is 6.19. The Balaban J connectivity index is 1.79. The third-order valence-corrected chi connectivity index (χ3v) is 4.88. The lowest BCUT2D eigenvalue weighted by atomic mass is 9.80. The average Bonchev–Trinajstić information content (AvgIpc) is 2.85. The first-order valence-corrected chi connectivity index (χ1v) is 7.84. The first-order valence-electron chi connectivity index (χ1n) is 7.84. The van der Waals surface area contributed by atoms with Gasteiger partial charge in [-0.05, 0) is 51.7 Å². The molecule has 1 saturated carbocycles. The molecule has 2 aliphatic rings. The van der Waals surface area contributed by atoms with Crippen LogP contribution in [0.1, 0.15) is 60.0 Å². The maximum atomic E-state index is 12.8. The molecule has 2 nitrogen and oxygen atoms in total. The van der Waals surface area contributed by atoms with Gasteiger partial charge in [0.2, 0.25) is 0 Å². The van der Waals surface area contributed by atoms with Crippen molar-refractivity contribution < 1.29 is 9.53 Å². The summed E-state index contributed by atoms with van der Waals surface area (Å²) in [6.45, 7) is 4.87. The van der Waals surface area contributed by atoms with E-state index in [1.165, 1.54) is 24.0 Å². The van der Waals surface area contributed by atoms with Gasteiger partial charge in [0.05, 0.1) is 5.60 Å². The maximum Gasteiger partial charge on any atom is 0.166 e. The maximum absolute atomic E-state index is 12.8. The Labute approximate surface area is 121 Å². The van der Waals surface area contributed by atoms with E-state index in [2.05, 4.69) is 19.9 Å². The van der Waals surface area contributed by atoms with Gasteiger partial charge < -0.3 is 4.74 Å². The van der Waals surface area contributed by atoms with E-state index < -0.39 is 0 Å². The van der Waals surface area contributed by atoms with Crippen molar-refractivity contribution in [2.45, 2.75) is 58.0 Å². The first-order chi connectivity index (χ1) is 9.58. The predicted octanol–water partition coefficient (Wildman–Crippen LogP) is 4.23. The number of hydrogen-bond donors (Lipinski definition) is 0. The Hall–Kier alpha value is -1.15. The van der Waals surface area contributed by atoms with Gasteiger partial charge in [-0.1, -0.05) is 30.0 Å². The molecule has 2 fully saturated rings. The largest absolute Gasteiger partial charge is 0.375 e. The van der Waals surface area contributed by atoms with E-state index in [0.29, 0.717) is 5.78 Å². The molecule has 1 unspecified atom stereocenters. The lowest BCUT2D eigenvalue weighted by Crippen LogP contribution is -2.39. The van der Waals surface area contributed by atoms with Crippen LogP contribution in [0.15, 0.2) is 18.2 Å². The second kappa shape index (κ2) is 5.33. The molecular weight excluding hydrogens is 248 g/mol. The van der Waals surface area contributed by atoms with Gasteiger partial charge in [0.25, 0.3) is 0 Å². The molecule has 0 amide bonds. The molecule has 0 aromatic heterocycles. The molecule has 1 aromatic rings. The van der Waals surface area contributed by atoms with Gasteiger partial charge in [0.15, 0.2) is 5.78 Å². The molecule has 1 aliphatic heterocycles. The van der Waals surface area contributed by atoms with E-state index in [9.17, 15) is 4.79 Å². The number of rotatable bonds is 2. The number of hydrogen-bond acceptors (Lipinski definition) is 2. The third kappa shape index (κ3) is 2.67. The summed E-state index contributed by atoms with van der Waals surface area (Å²) in [5.74, 6) is 0.481. The zero-order chi connectivity index (χ0) is 14.2. The number of ether oxygens (including phenoxy) is 1. The van der Waals surface area contributed by atoms with E-state index in [0.717, 1.165) is 37.9 Å². The summed E-state index contributed by atoms with van der Waals surface area (Å²) in [4.78, 5) is 12.8. The zero-order valence-electron chi connectivity index (χ0n) is 12.6. The van der Waals surface area contributed by atoms with E-state index in [1.54, 1.807) is 0 Å². The molecule has 20 heavy (non-hydrogen) atoms. The van der Waals surface area contributed by atoms with Crippen LogP contribution >= 0.6 is 0 Å². The van der Waals surface area contributed by atoms with Crippen LogP contribution in [0, 0.1) is 19.8 Å². The second-order valence-electron chi connectivity index (χ2n) is 6.67. The topological polar surface area (TPSA) is 26.3 Å². The van der Waals surface area contributed by atoms with E-state index >= 15 is 0 Å².